The van der Waals surface area contributed by atoms with Crippen molar-refractivity contribution in [3.63, 3.8) is 0 Å². The highest BCUT2D eigenvalue weighted by atomic mass is 19.4. The van der Waals surface area contributed by atoms with Gasteiger partial charge in [0.15, 0.2) is 0 Å². The molecule has 3 aromatic rings. The van der Waals surface area contributed by atoms with Gasteiger partial charge in [0, 0.05) is 12.1 Å². The Morgan fingerprint density at radius 2 is 1.75 bits per heavy atom. The molecule has 0 radical (unpaired) electrons. The maximum Gasteiger partial charge on any atom is 0.416 e. The van der Waals surface area contributed by atoms with Gasteiger partial charge in [-0.25, -0.2) is 0 Å². The number of fused-ring (bicyclic) bond motifs is 1. The zero-order valence-electron chi connectivity index (χ0n) is 12.4. The normalized spacial score (nSPS) is 11.6. The summed E-state index contributed by atoms with van der Waals surface area (Å²) in [5.41, 5.74) is 1.73. The highest BCUT2D eigenvalue weighted by Crippen LogP contribution is 2.29. The van der Waals surface area contributed by atoms with Gasteiger partial charge in [-0.3, -0.25) is 4.79 Å². The molecular formula is C16H13F3N4O. The summed E-state index contributed by atoms with van der Waals surface area (Å²) in [7, 11) is 0. The lowest BCUT2D eigenvalue weighted by Crippen LogP contribution is -2.25. The molecule has 0 saturated carbocycles. The van der Waals surface area contributed by atoms with E-state index < -0.39 is 11.7 Å². The summed E-state index contributed by atoms with van der Waals surface area (Å²) in [5.74, 6) is -0.271. The van der Waals surface area contributed by atoms with Gasteiger partial charge in [-0.2, -0.15) is 28.6 Å². The van der Waals surface area contributed by atoms with Crippen LogP contribution in [-0.2, 0) is 12.6 Å². The monoisotopic (exact) mass is 334 g/mol. The second-order valence-electron chi connectivity index (χ2n) is 5.23. The van der Waals surface area contributed by atoms with Crippen LogP contribution in [0.5, 0.6) is 0 Å². The first-order valence-corrected chi connectivity index (χ1v) is 7.18. The van der Waals surface area contributed by atoms with Gasteiger partial charge >= 0.3 is 6.18 Å². The minimum Gasteiger partial charge on any atom is -0.352 e. The smallest absolute Gasteiger partial charge is 0.352 e. The summed E-state index contributed by atoms with van der Waals surface area (Å²) in [6.07, 6.45) is -3.90. The van der Waals surface area contributed by atoms with Crippen molar-refractivity contribution in [3.8, 4) is 0 Å². The molecule has 1 heterocycles. The number of aromatic amines is 1. The summed E-state index contributed by atoms with van der Waals surface area (Å²) in [6.45, 7) is 0.320. The molecule has 2 N–H and O–H groups in total. The van der Waals surface area contributed by atoms with E-state index in [-0.39, 0.29) is 5.91 Å². The van der Waals surface area contributed by atoms with Crippen molar-refractivity contribution in [3.05, 3.63) is 59.2 Å². The molecule has 0 unspecified atom stereocenters. The topological polar surface area (TPSA) is 70.7 Å². The van der Waals surface area contributed by atoms with E-state index in [1.54, 1.807) is 18.2 Å². The molecule has 1 aromatic heterocycles. The van der Waals surface area contributed by atoms with E-state index in [2.05, 4.69) is 20.7 Å². The van der Waals surface area contributed by atoms with Gasteiger partial charge in [0.1, 0.15) is 11.0 Å². The van der Waals surface area contributed by atoms with Crippen LogP contribution in [0, 0.1) is 0 Å². The highest BCUT2D eigenvalue weighted by Gasteiger charge is 2.29. The number of hydrogen-bond acceptors (Lipinski definition) is 3. The molecule has 0 fully saturated rings. The van der Waals surface area contributed by atoms with E-state index >= 15 is 0 Å². The molecule has 0 saturated heterocycles. The van der Waals surface area contributed by atoms with Crippen LogP contribution in [0.1, 0.15) is 21.5 Å². The Morgan fingerprint density at radius 1 is 1.04 bits per heavy atom. The van der Waals surface area contributed by atoms with Crippen LogP contribution in [0.25, 0.3) is 11.0 Å². The predicted molar refractivity (Wildman–Crippen MR) is 81.4 cm³/mol. The Labute approximate surface area is 134 Å². The van der Waals surface area contributed by atoms with Crippen LogP contribution < -0.4 is 5.32 Å². The third-order valence-electron chi connectivity index (χ3n) is 3.56. The Kier molecular flexibility index (Phi) is 4.20. The molecular weight excluding hydrogens is 321 g/mol. The molecule has 0 aliphatic carbocycles. The summed E-state index contributed by atoms with van der Waals surface area (Å²) in [6, 6.07) is 9.84. The molecule has 3 rings (SSSR count). The van der Waals surface area contributed by atoms with Crippen molar-refractivity contribution in [2.45, 2.75) is 12.6 Å². The van der Waals surface area contributed by atoms with Crippen LogP contribution in [0.2, 0.25) is 0 Å². The molecule has 0 aliphatic rings. The van der Waals surface area contributed by atoms with E-state index in [9.17, 15) is 18.0 Å². The van der Waals surface area contributed by atoms with E-state index in [1.807, 2.05) is 0 Å². The zero-order chi connectivity index (χ0) is 17.2. The van der Waals surface area contributed by atoms with Gasteiger partial charge in [-0.1, -0.05) is 12.1 Å². The molecule has 2 aromatic carbocycles. The fourth-order valence-corrected chi connectivity index (χ4v) is 2.26. The van der Waals surface area contributed by atoms with Crippen LogP contribution >= 0.6 is 0 Å². The second-order valence-corrected chi connectivity index (χ2v) is 5.23. The summed E-state index contributed by atoms with van der Waals surface area (Å²) >= 11 is 0. The number of alkyl halides is 3. The van der Waals surface area contributed by atoms with Gasteiger partial charge < -0.3 is 5.32 Å². The summed E-state index contributed by atoms with van der Waals surface area (Å²) < 4.78 is 37.5. The molecule has 1 amide bonds. The van der Waals surface area contributed by atoms with Gasteiger partial charge in [-0.15, -0.1) is 0 Å². The SMILES string of the molecule is O=C(NCCc1ccc(C(F)(F)F)cc1)c1ccc2n[nH]nc2c1. The quantitative estimate of drug-likeness (QED) is 0.771. The van der Waals surface area contributed by atoms with E-state index in [0.29, 0.717) is 29.6 Å². The van der Waals surface area contributed by atoms with Crippen LogP contribution in [0.15, 0.2) is 42.5 Å². The fraction of sp³-hybridized carbons (Fsp3) is 0.188. The summed E-state index contributed by atoms with van der Waals surface area (Å²) in [4.78, 5) is 12.1. The van der Waals surface area contributed by atoms with Gasteiger partial charge in [0.05, 0.1) is 5.56 Å². The number of hydrogen-bond donors (Lipinski definition) is 2. The van der Waals surface area contributed by atoms with Crippen molar-refractivity contribution >= 4 is 16.9 Å². The van der Waals surface area contributed by atoms with Crippen molar-refractivity contribution in [1.82, 2.24) is 20.7 Å². The molecule has 0 atom stereocenters. The lowest BCUT2D eigenvalue weighted by atomic mass is 10.1. The maximum atomic E-state index is 12.5. The highest BCUT2D eigenvalue weighted by molar-refractivity contribution is 5.97. The number of halogens is 3. The van der Waals surface area contributed by atoms with Gasteiger partial charge in [0.2, 0.25) is 0 Å². The lowest BCUT2D eigenvalue weighted by molar-refractivity contribution is -0.137. The fourth-order valence-electron chi connectivity index (χ4n) is 2.26. The first kappa shape index (κ1) is 16.0. The number of carbonyl (C=O) groups is 1. The number of aromatic nitrogens is 3. The van der Waals surface area contributed by atoms with Crippen molar-refractivity contribution in [1.29, 1.82) is 0 Å². The van der Waals surface area contributed by atoms with Crippen molar-refractivity contribution in [2.24, 2.45) is 0 Å². The Bertz CT molecular complexity index is 856. The van der Waals surface area contributed by atoms with Crippen LogP contribution in [0.4, 0.5) is 13.2 Å². The molecule has 0 bridgehead atoms. The number of benzene rings is 2. The molecule has 24 heavy (non-hydrogen) atoms. The number of H-pyrrole nitrogens is 1. The number of nitrogens with one attached hydrogen (secondary N) is 2. The van der Waals surface area contributed by atoms with E-state index in [0.717, 1.165) is 17.7 Å². The Hall–Kier alpha value is -2.90. The molecule has 5 nitrogen and oxygen atoms in total. The third-order valence-corrected chi connectivity index (χ3v) is 3.56. The van der Waals surface area contributed by atoms with Crippen molar-refractivity contribution < 1.29 is 18.0 Å². The Balaban J connectivity index is 1.56. The second kappa shape index (κ2) is 6.31. The minimum atomic E-state index is -4.34. The minimum absolute atomic E-state index is 0.271. The molecule has 124 valence electrons. The van der Waals surface area contributed by atoms with Gasteiger partial charge in [-0.05, 0) is 42.3 Å². The molecule has 0 spiro atoms. The van der Waals surface area contributed by atoms with Crippen LogP contribution in [0.3, 0.4) is 0 Å². The number of carbonyl (C=O) groups excluding carboxylic acids is 1. The lowest BCUT2D eigenvalue weighted by Gasteiger charge is -2.08. The number of nitrogens with zero attached hydrogens (tertiary/aromatic N) is 2. The average Bonchev–Trinajstić information content (AvgIpc) is 3.02. The maximum absolute atomic E-state index is 12.5. The first-order valence-electron chi connectivity index (χ1n) is 7.18. The largest absolute Gasteiger partial charge is 0.416 e. The molecule has 0 aliphatic heterocycles. The van der Waals surface area contributed by atoms with E-state index in [1.165, 1.54) is 12.1 Å². The number of rotatable bonds is 4. The summed E-state index contributed by atoms with van der Waals surface area (Å²) in [5, 5.41) is 13.0. The molecule has 8 heteroatoms. The number of amides is 1. The van der Waals surface area contributed by atoms with Gasteiger partial charge in [0.25, 0.3) is 5.91 Å². The zero-order valence-corrected chi connectivity index (χ0v) is 12.4. The standard InChI is InChI=1S/C16H13F3N4O/c17-16(18,19)12-4-1-10(2-5-12)7-8-20-15(24)11-3-6-13-14(9-11)22-23-21-13/h1-6,9H,7-8H2,(H,20,24)(H,21,22,23). The Morgan fingerprint density at radius 3 is 2.46 bits per heavy atom. The predicted octanol–water partition coefficient (Wildman–Crippen LogP) is 2.95. The average molecular weight is 334 g/mol. The van der Waals surface area contributed by atoms with Crippen LogP contribution in [-0.4, -0.2) is 27.9 Å². The van der Waals surface area contributed by atoms with Crippen molar-refractivity contribution in [2.75, 3.05) is 6.54 Å². The van der Waals surface area contributed by atoms with E-state index in [4.69, 9.17) is 0 Å². The first-order chi connectivity index (χ1) is 11.4. The third kappa shape index (κ3) is 3.53.